The van der Waals surface area contributed by atoms with Gasteiger partial charge < -0.3 is 29.6 Å². The molecule has 0 aromatic heterocycles. The number of ether oxygens (including phenoxy) is 4. The lowest BCUT2D eigenvalue weighted by Crippen LogP contribution is -2.45. The molecule has 0 aliphatic carbocycles. The van der Waals surface area contributed by atoms with Crippen molar-refractivity contribution in [3.05, 3.63) is 36.2 Å². The second-order valence-electron chi connectivity index (χ2n) is 9.06. The Hall–Kier alpha value is -3.14. The monoisotopic (exact) mass is 520 g/mol. The van der Waals surface area contributed by atoms with E-state index in [1.165, 1.54) is 6.08 Å². The summed E-state index contributed by atoms with van der Waals surface area (Å²) in [6.45, 7) is 5.74. The summed E-state index contributed by atoms with van der Waals surface area (Å²) >= 11 is 0. The number of esters is 3. The van der Waals surface area contributed by atoms with Crippen LogP contribution in [0.25, 0.3) is 0 Å². The summed E-state index contributed by atoms with van der Waals surface area (Å²) < 4.78 is 23.2. The average Bonchev–Trinajstić information content (AvgIpc) is 3.04. The van der Waals surface area contributed by atoms with Crippen molar-refractivity contribution in [3.63, 3.8) is 0 Å². The second-order valence-corrected chi connectivity index (χ2v) is 9.06. The van der Waals surface area contributed by atoms with Gasteiger partial charge in [-0.15, -0.1) is 0 Å². The van der Waals surface area contributed by atoms with E-state index in [1.54, 1.807) is 29.5 Å². The van der Waals surface area contributed by atoms with Gasteiger partial charge in [-0.05, 0) is 37.5 Å². The third-order valence-corrected chi connectivity index (χ3v) is 5.97. The lowest BCUT2D eigenvalue weighted by Gasteiger charge is -2.29. The average molecular weight is 521 g/mol. The second kappa shape index (κ2) is 15.9. The zero-order valence-electron chi connectivity index (χ0n) is 22.1. The van der Waals surface area contributed by atoms with E-state index in [2.05, 4.69) is 0 Å². The van der Waals surface area contributed by atoms with Crippen LogP contribution in [0.1, 0.15) is 78.6 Å². The van der Waals surface area contributed by atoms with Crippen LogP contribution < -0.4 is 5.73 Å². The first-order valence-corrected chi connectivity index (χ1v) is 13.1. The number of hydrogen-bond acceptors (Lipinski definition) is 9. The van der Waals surface area contributed by atoms with Crippen molar-refractivity contribution in [2.45, 2.75) is 103 Å². The highest BCUT2D eigenvalue weighted by molar-refractivity contribution is 5.95. The first-order valence-electron chi connectivity index (χ1n) is 13.1. The summed E-state index contributed by atoms with van der Waals surface area (Å²) in [5.74, 6) is -1.88. The third kappa shape index (κ3) is 9.68. The summed E-state index contributed by atoms with van der Waals surface area (Å²) in [7, 11) is 0. The van der Waals surface area contributed by atoms with E-state index in [-0.39, 0.29) is 37.4 Å². The lowest BCUT2D eigenvalue weighted by molar-refractivity contribution is -0.169. The van der Waals surface area contributed by atoms with Crippen LogP contribution in [0.2, 0.25) is 0 Å². The van der Waals surface area contributed by atoms with Gasteiger partial charge in [0.2, 0.25) is 5.91 Å². The Labute approximate surface area is 218 Å². The summed E-state index contributed by atoms with van der Waals surface area (Å²) in [6, 6.07) is 0. The Morgan fingerprint density at radius 3 is 2.00 bits per heavy atom. The molecule has 0 aromatic rings. The zero-order valence-corrected chi connectivity index (χ0v) is 22.1. The molecular formula is C27H40N2O8. The predicted molar refractivity (Wildman–Crippen MR) is 135 cm³/mol. The molecule has 0 saturated carbocycles. The Bertz CT molecular complexity index is 882. The van der Waals surface area contributed by atoms with Gasteiger partial charge in [-0.2, -0.15) is 0 Å². The van der Waals surface area contributed by atoms with Crippen LogP contribution in [0.4, 0.5) is 0 Å². The van der Waals surface area contributed by atoms with Gasteiger partial charge in [0.1, 0.15) is 12.7 Å². The van der Waals surface area contributed by atoms with Gasteiger partial charge in [0, 0.05) is 37.2 Å². The Balaban J connectivity index is 2.32. The zero-order chi connectivity index (χ0) is 27.2. The fraction of sp³-hybridized carbons (Fsp3) is 0.630. The fourth-order valence-corrected chi connectivity index (χ4v) is 3.83. The number of primary amides is 1. The molecule has 2 heterocycles. The van der Waals surface area contributed by atoms with Crippen molar-refractivity contribution < 1.29 is 38.1 Å². The number of amides is 1. The SMILES string of the molecule is CCCCC(=O)OCC1OC(N2C=CC=C(C(N)=O)C=C2)[C@H](OC(=O)CCCC)C1OC(=O)CCCC. The molecule has 37 heavy (non-hydrogen) atoms. The molecule has 1 saturated heterocycles. The molecule has 0 aromatic carbocycles. The van der Waals surface area contributed by atoms with Crippen LogP contribution in [0.15, 0.2) is 36.2 Å². The van der Waals surface area contributed by atoms with Crippen molar-refractivity contribution >= 4 is 23.8 Å². The molecule has 2 aliphatic rings. The van der Waals surface area contributed by atoms with Crippen LogP contribution in [0.3, 0.4) is 0 Å². The largest absolute Gasteiger partial charge is 0.463 e. The quantitative estimate of drug-likeness (QED) is 0.255. The topological polar surface area (TPSA) is 134 Å². The maximum atomic E-state index is 12.7. The maximum Gasteiger partial charge on any atom is 0.306 e. The molecule has 4 atom stereocenters. The first kappa shape index (κ1) is 30.1. The van der Waals surface area contributed by atoms with E-state index < -0.39 is 42.4 Å². The highest BCUT2D eigenvalue weighted by Gasteiger charge is 2.51. The maximum absolute atomic E-state index is 12.7. The van der Waals surface area contributed by atoms with E-state index in [4.69, 9.17) is 24.7 Å². The predicted octanol–water partition coefficient (Wildman–Crippen LogP) is 3.40. The number of rotatable bonds is 15. The van der Waals surface area contributed by atoms with E-state index in [9.17, 15) is 19.2 Å². The minimum atomic E-state index is -1.00. The Morgan fingerprint density at radius 1 is 0.865 bits per heavy atom. The van der Waals surface area contributed by atoms with Gasteiger partial charge in [-0.3, -0.25) is 19.2 Å². The number of carbonyl (C=O) groups excluding carboxylic acids is 4. The molecular weight excluding hydrogens is 480 g/mol. The van der Waals surface area contributed by atoms with Crippen LogP contribution in [0.5, 0.6) is 0 Å². The number of nitrogens with two attached hydrogens (primary N) is 1. The Morgan fingerprint density at radius 2 is 1.43 bits per heavy atom. The molecule has 3 unspecified atom stereocenters. The van der Waals surface area contributed by atoms with E-state index in [1.807, 2.05) is 20.8 Å². The normalized spacial score (nSPS) is 22.8. The van der Waals surface area contributed by atoms with Crippen LogP contribution in [-0.4, -0.2) is 59.9 Å². The van der Waals surface area contributed by atoms with E-state index in [0.717, 1.165) is 19.3 Å². The molecule has 0 spiro atoms. The highest BCUT2D eigenvalue weighted by atomic mass is 16.7. The fourth-order valence-electron chi connectivity index (χ4n) is 3.83. The standard InChI is InChI=1S/C27H40N2O8/c1-4-7-12-21(30)34-18-20-24(36-22(31)13-8-5-2)25(37-23(32)14-9-6-3)27(35-20)29-16-10-11-19(15-17-29)26(28)33/h10-11,15-17,20,24-25,27H,4-9,12-14,18H2,1-3H3,(H2,28,33)/t20?,24?,25-,27?/m1/s1. The number of hydrogen-bond donors (Lipinski definition) is 1. The minimum Gasteiger partial charge on any atom is -0.463 e. The van der Waals surface area contributed by atoms with Crippen LogP contribution in [-0.2, 0) is 38.1 Å². The lowest BCUT2D eigenvalue weighted by atomic mass is 10.1. The van der Waals surface area contributed by atoms with Gasteiger partial charge in [-0.1, -0.05) is 40.0 Å². The molecule has 1 fully saturated rings. The van der Waals surface area contributed by atoms with Gasteiger partial charge in [0.25, 0.3) is 0 Å². The summed E-state index contributed by atoms with van der Waals surface area (Å²) in [4.78, 5) is 50.7. The van der Waals surface area contributed by atoms with Crippen LogP contribution in [0, 0.1) is 0 Å². The van der Waals surface area contributed by atoms with Gasteiger partial charge >= 0.3 is 17.9 Å². The van der Waals surface area contributed by atoms with Crippen molar-refractivity contribution in [2.24, 2.45) is 5.73 Å². The molecule has 2 N–H and O–H groups in total. The Kier molecular flexibility index (Phi) is 12.9. The van der Waals surface area contributed by atoms with Gasteiger partial charge in [0.15, 0.2) is 18.4 Å². The molecule has 0 radical (unpaired) electrons. The highest BCUT2D eigenvalue weighted by Crippen LogP contribution is 2.31. The van der Waals surface area contributed by atoms with Crippen molar-refractivity contribution in [1.29, 1.82) is 0 Å². The molecule has 2 aliphatic heterocycles. The summed E-state index contributed by atoms with van der Waals surface area (Å²) in [5.41, 5.74) is 5.67. The number of nitrogens with zero attached hydrogens (tertiary/aromatic N) is 1. The first-order chi connectivity index (χ1) is 17.8. The van der Waals surface area contributed by atoms with Crippen molar-refractivity contribution in [3.8, 4) is 0 Å². The summed E-state index contributed by atoms with van der Waals surface area (Å²) in [6.07, 6.45) is 9.24. The number of carbonyl (C=O) groups is 4. The van der Waals surface area contributed by atoms with Crippen molar-refractivity contribution in [1.82, 2.24) is 4.90 Å². The molecule has 2 rings (SSSR count). The van der Waals surface area contributed by atoms with E-state index in [0.29, 0.717) is 19.3 Å². The molecule has 1 amide bonds. The minimum absolute atomic E-state index is 0.167. The smallest absolute Gasteiger partial charge is 0.306 e. The molecule has 10 heteroatoms. The number of unbranched alkanes of at least 4 members (excludes halogenated alkanes) is 3. The number of allylic oxidation sites excluding steroid dienone is 2. The molecule has 0 bridgehead atoms. The summed E-state index contributed by atoms with van der Waals surface area (Å²) in [5, 5.41) is 0. The third-order valence-electron chi connectivity index (χ3n) is 5.97. The van der Waals surface area contributed by atoms with E-state index >= 15 is 0 Å². The van der Waals surface area contributed by atoms with Gasteiger partial charge in [-0.25, -0.2) is 0 Å². The molecule has 206 valence electrons. The van der Waals surface area contributed by atoms with Crippen LogP contribution >= 0.6 is 0 Å². The van der Waals surface area contributed by atoms with Crippen molar-refractivity contribution in [2.75, 3.05) is 6.61 Å². The molecule has 10 nitrogen and oxygen atoms in total. The van der Waals surface area contributed by atoms with Gasteiger partial charge in [0.05, 0.1) is 0 Å².